The zero-order valence-corrected chi connectivity index (χ0v) is 10.3. The average Bonchev–Trinajstić information content (AvgIpc) is 2.27. The average molecular weight is 210 g/mol. The van der Waals surface area contributed by atoms with Crippen LogP contribution in [0.1, 0.15) is 26.7 Å². The smallest absolute Gasteiger partial charge is 0.118 e. The Morgan fingerprint density at radius 1 is 1.33 bits per heavy atom. The third kappa shape index (κ3) is 4.84. The van der Waals surface area contributed by atoms with Gasteiger partial charge < -0.3 is 9.47 Å². The molecule has 0 aliphatic rings. The Kier molecular flexibility index (Phi) is 7.74. The van der Waals surface area contributed by atoms with Crippen molar-refractivity contribution in [1.82, 2.24) is 0 Å². The Hall–Kier alpha value is -1.02. The van der Waals surface area contributed by atoms with Crippen molar-refractivity contribution in [3.63, 3.8) is 0 Å². The molecule has 0 aliphatic carbocycles. The van der Waals surface area contributed by atoms with Crippen molar-refractivity contribution < 1.29 is 9.47 Å². The molecule has 0 atom stereocenters. The molecule has 0 aliphatic heterocycles. The highest BCUT2D eigenvalue weighted by Gasteiger charge is 2.07. The van der Waals surface area contributed by atoms with Crippen LogP contribution in [0.5, 0.6) is 0 Å². The van der Waals surface area contributed by atoms with Crippen LogP contribution in [0.2, 0.25) is 0 Å². The summed E-state index contributed by atoms with van der Waals surface area (Å²) >= 11 is 0. The van der Waals surface area contributed by atoms with Gasteiger partial charge in [0.1, 0.15) is 5.76 Å². The van der Waals surface area contributed by atoms with Crippen LogP contribution in [-0.2, 0) is 9.47 Å². The quantitative estimate of drug-likeness (QED) is 0.473. The van der Waals surface area contributed by atoms with Crippen LogP contribution >= 0.6 is 0 Å². The fourth-order valence-corrected chi connectivity index (χ4v) is 1.36. The Labute approximate surface area is 93.3 Å². The first-order valence-corrected chi connectivity index (χ1v) is 5.26. The topological polar surface area (TPSA) is 18.5 Å². The van der Waals surface area contributed by atoms with Crippen molar-refractivity contribution in [2.75, 3.05) is 20.8 Å². The van der Waals surface area contributed by atoms with E-state index in [2.05, 4.69) is 19.6 Å². The lowest BCUT2D eigenvalue weighted by atomic mass is 10.0. The number of methoxy groups -OCH3 is 2. The second-order valence-corrected chi connectivity index (χ2v) is 3.29. The summed E-state index contributed by atoms with van der Waals surface area (Å²) in [5.74, 6) is 0.937. The molecule has 0 rings (SSSR count). The lowest BCUT2D eigenvalue weighted by Gasteiger charge is -2.13. The van der Waals surface area contributed by atoms with Crippen LogP contribution in [0.25, 0.3) is 0 Å². The zero-order valence-electron chi connectivity index (χ0n) is 10.3. The minimum absolute atomic E-state index is 0.699. The summed E-state index contributed by atoms with van der Waals surface area (Å²) in [4.78, 5) is 0. The van der Waals surface area contributed by atoms with Crippen LogP contribution in [0.4, 0.5) is 0 Å². The molecule has 0 aromatic carbocycles. The highest BCUT2D eigenvalue weighted by atomic mass is 16.5. The second-order valence-electron chi connectivity index (χ2n) is 3.29. The van der Waals surface area contributed by atoms with Crippen molar-refractivity contribution in [2.45, 2.75) is 26.7 Å². The largest absolute Gasteiger partial charge is 0.497 e. The van der Waals surface area contributed by atoms with Gasteiger partial charge in [0, 0.05) is 7.11 Å². The molecule has 0 amide bonds. The molecule has 0 unspecified atom stereocenters. The normalized spacial score (nSPS) is 13.5. The van der Waals surface area contributed by atoms with E-state index in [0.717, 1.165) is 24.2 Å². The molecule has 0 heterocycles. The molecular weight excluding hydrogens is 188 g/mol. The molecule has 0 fully saturated rings. The first kappa shape index (κ1) is 14.0. The van der Waals surface area contributed by atoms with Crippen LogP contribution in [0.15, 0.2) is 35.6 Å². The van der Waals surface area contributed by atoms with Crippen molar-refractivity contribution >= 4 is 0 Å². The van der Waals surface area contributed by atoms with Crippen LogP contribution in [0, 0.1) is 0 Å². The van der Waals surface area contributed by atoms with Crippen LogP contribution in [-0.4, -0.2) is 20.8 Å². The number of ether oxygens (including phenoxy) is 2. The standard InChI is InChI=1S/C13H22O2/c1-6-8-13(15-5)12(9-10-14-4)11(3)7-2/h7-8H,2,6,9-10H2,1,3-5H3/b12-11-,13-8+. The lowest BCUT2D eigenvalue weighted by molar-refractivity contribution is 0.198. The van der Waals surface area contributed by atoms with Gasteiger partial charge in [0.25, 0.3) is 0 Å². The summed E-state index contributed by atoms with van der Waals surface area (Å²) in [6, 6.07) is 0. The summed E-state index contributed by atoms with van der Waals surface area (Å²) in [6.45, 7) is 8.62. The van der Waals surface area contributed by atoms with Gasteiger partial charge in [-0.05, 0) is 37.0 Å². The van der Waals surface area contributed by atoms with Gasteiger partial charge in [-0.15, -0.1) is 0 Å². The van der Waals surface area contributed by atoms with Gasteiger partial charge in [-0.1, -0.05) is 19.6 Å². The van der Waals surface area contributed by atoms with Crippen molar-refractivity contribution in [1.29, 1.82) is 0 Å². The summed E-state index contributed by atoms with van der Waals surface area (Å²) in [5, 5.41) is 0. The van der Waals surface area contributed by atoms with E-state index in [-0.39, 0.29) is 0 Å². The molecule has 0 saturated heterocycles. The predicted molar refractivity (Wildman–Crippen MR) is 64.8 cm³/mol. The summed E-state index contributed by atoms with van der Waals surface area (Å²) in [7, 11) is 3.40. The maximum atomic E-state index is 5.37. The summed E-state index contributed by atoms with van der Waals surface area (Å²) in [6.07, 6.45) is 5.75. The van der Waals surface area contributed by atoms with E-state index in [9.17, 15) is 0 Å². The molecule has 2 heteroatoms. The third-order valence-electron chi connectivity index (χ3n) is 2.25. The van der Waals surface area contributed by atoms with E-state index in [4.69, 9.17) is 9.47 Å². The molecule has 0 saturated carbocycles. The van der Waals surface area contributed by atoms with Gasteiger partial charge in [0.05, 0.1) is 13.7 Å². The molecule has 0 aromatic rings. The van der Waals surface area contributed by atoms with Gasteiger partial charge in [-0.3, -0.25) is 0 Å². The fourth-order valence-electron chi connectivity index (χ4n) is 1.36. The van der Waals surface area contributed by atoms with E-state index in [1.165, 1.54) is 5.57 Å². The van der Waals surface area contributed by atoms with Gasteiger partial charge in [0.15, 0.2) is 0 Å². The predicted octanol–water partition coefficient (Wildman–Crippen LogP) is 3.47. The summed E-state index contributed by atoms with van der Waals surface area (Å²) < 4.78 is 10.5. The van der Waals surface area contributed by atoms with Crippen molar-refractivity contribution in [3.8, 4) is 0 Å². The van der Waals surface area contributed by atoms with E-state index < -0.39 is 0 Å². The Morgan fingerprint density at radius 3 is 2.40 bits per heavy atom. The first-order valence-electron chi connectivity index (χ1n) is 5.26. The highest BCUT2D eigenvalue weighted by molar-refractivity contribution is 5.35. The highest BCUT2D eigenvalue weighted by Crippen LogP contribution is 2.20. The van der Waals surface area contributed by atoms with Crippen LogP contribution < -0.4 is 0 Å². The van der Waals surface area contributed by atoms with E-state index in [1.807, 2.05) is 13.0 Å². The number of hydrogen-bond acceptors (Lipinski definition) is 2. The second kappa shape index (κ2) is 8.30. The Balaban J connectivity index is 4.91. The molecular formula is C13H22O2. The van der Waals surface area contributed by atoms with E-state index in [1.54, 1.807) is 14.2 Å². The molecule has 15 heavy (non-hydrogen) atoms. The molecule has 0 bridgehead atoms. The monoisotopic (exact) mass is 210 g/mol. The number of rotatable bonds is 7. The Bertz CT molecular complexity index is 249. The first-order chi connectivity index (χ1) is 7.21. The third-order valence-corrected chi connectivity index (χ3v) is 2.25. The summed E-state index contributed by atoms with van der Waals surface area (Å²) in [5.41, 5.74) is 2.32. The zero-order chi connectivity index (χ0) is 11.7. The van der Waals surface area contributed by atoms with Gasteiger partial charge in [-0.2, -0.15) is 0 Å². The molecule has 2 nitrogen and oxygen atoms in total. The van der Waals surface area contributed by atoms with Crippen molar-refractivity contribution in [3.05, 3.63) is 35.6 Å². The minimum atomic E-state index is 0.699. The lowest BCUT2D eigenvalue weighted by Crippen LogP contribution is -2.00. The molecule has 0 radical (unpaired) electrons. The maximum absolute atomic E-state index is 5.37. The van der Waals surface area contributed by atoms with E-state index in [0.29, 0.717) is 6.61 Å². The SMILES string of the molecule is C=C/C(C)=C(CCOC)\C(=C/CC)OC. The molecule has 86 valence electrons. The molecule has 0 spiro atoms. The van der Waals surface area contributed by atoms with Crippen molar-refractivity contribution in [2.24, 2.45) is 0 Å². The fraction of sp³-hybridized carbons (Fsp3) is 0.538. The minimum Gasteiger partial charge on any atom is -0.497 e. The van der Waals surface area contributed by atoms with Gasteiger partial charge in [-0.25, -0.2) is 0 Å². The number of allylic oxidation sites excluding steroid dienone is 4. The molecule has 0 N–H and O–H groups in total. The van der Waals surface area contributed by atoms with Gasteiger partial charge in [0.2, 0.25) is 0 Å². The maximum Gasteiger partial charge on any atom is 0.118 e. The van der Waals surface area contributed by atoms with Gasteiger partial charge >= 0.3 is 0 Å². The Morgan fingerprint density at radius 2 is 2.00 bits per heavy atom. The van der Waals surface area contributed by atoms with E-state index >= 15 is 0 Å². The number of hydrogen-bond donors (Lipinski definition) is 0. The van der Waals surface area contributed by atoms with Crippen LogP contribution in [0.3, 0.4) is 0 Å². The molecule has 0 aromatic heterocycles.